The number of nitrogens with one attached hydrogen (secondary N) is 1. The number of furan rings is 1. The number of carbonyl (C=O) groups is 2. The highest BCUT2D eigenvalue weighted by molar-refractivity contribution is 5.98. The SMILES string of the molecule is CCOC(=O)C(C(=O)NCc1ccoc1)C(C)(C)C. The van der Waals surface area contributed by atoms with Crippen LogP contribution in [0.1, 0.15) is 33.3 Å². The molecule has 106 valence electrons. The van der Waals surface area contributed by atoms with Gasteiger partial charge >= 0.3 is 5.97 Å². The van der Waals surface area contributed by atoms with Crippen molar-refractivity contribution >= 4 is 11.9 Å². The van der Waals surface area contributed by atoms with Gasteiger partial charge in [0.15, 0.2) is 0 Å². The summed E-state index contributed by atoms with van der Waals surface area (Å²) >= 11 is 0. The average Bonchev–Trinajstić information content (AvgIpc) is 2.77. The molecule has 1 N–H and O–H groups in total. The second-order valence-electron chi connectivity index (χ2n) is 5.40. The molecule has 0 saturated heterocycles. The van der Waals surface area contributed by atoms with Gasteiger partial charge in [-0.25, -0.2) is 0 Å². The lowest BCUT2D eigenvalue weighted by molar-refractivity contribution is -0.156. The van der Waals surface area contributed by atoms with Crippen LogP contribution in [0.4, 0.5) is 0 Å². The molecular weight excluding hydrogens is 246 g/mol. The van der Waals surface area contributed by atoms with E-state index in [9.17, 15) is 9.59 Å². The monoisotopic (exact) mass is 267 g/mol. The molecule has 1 aromatic rings. The quantitative estimate of drug-likeness (QED) is 0.655. The molecule has 0 saturated carbocycles. The van der Waals surface area contributed by atoms with Crippen LogP contribution < -0.4 is 5.32 Å². The second kappa shape index (κ2) is 6.41. The van der Waals surface area contributed by atoms with Gasteiger partial charge in [0.05, 0.1) is 19.1 Å². The molecule has 5 nitrogen and oxygen atoms in total. The van der Waals surface area contributed by atoms with Crippen LogP contribution >= 0.6 is 0 Å². The van der Waals surface area contributed by atoms with Gasteiger partial charge in [0.1, 0.15) is 5.92 Å². The summed E-state index contributed by atoms with van der Waals surface area (Å²) in [7, 11) is 0. The van der Waals surface area contributed by atoms with Gasteiger partial charge in [0, 0.05) is 12.1 Å². The zero-order chi connectivity index (χ0) is 14.5. The summed E-state index contributed by atoms with van der Waals surface area (Å²) in [6.07, 6.45) is 3.09. The Kier molecular flexibility index (Phi) is 5.15. The van der Waals surface area contributed by atoms with Gasteiger partial charge in [-0.1, -0.05) is 20.8 Å². The van der Waals surface area contributed by atoms with Crippen molar-refractivity contribution in [1.29, 1.82) is 0 Å². The lowest BCUT2D eigenvalue weighted by Crippen LogP contribution is -2.43. The third kappa shape index (κ3) is 4.43. The summed E-state index contributed by atoms with van der Waals surface area (Å²) in [5.74, 6) is -1.63. The van der Waals surface area contributed by atoms with Crippen LogP contribution in [0.3, 0.4) is 0 Å². The largest absolute Gasteiger partial charge is 0.472 e. The van der Waals surface area contributed by atoms with Crippen LogP contribution in [-0.2, 0) is 20.9 Å². The number of ether oxygens (including phenoxy) is 1. The van der Waals surface area contributed by atoms with E-state index in [0.717, 1.165) is 5.56 Å². The van der Waals surface area contributed by atoms with E-state index in [1.807, 2.05) is 20.8 Å². The minimum absolute atomic E-state index is 0.264. The topological polar surface area (TPSA) is 68.5 Å². The number of hydrogen-bond donors (Lipinski definition) is 1. The predicted molar refractivity (Wildman–Crippen MR) is 70.1 cm³/mol. The van der Waals surface area contributed by atoms with E-state index in [1.165, 1.54) is 6.26 Å². The third-order valence-electron chi connectivity index (χ3n) is 2.70. The van der Waals surface area contributed by atoms with Crippen LogP contribution in [0, 0.1) is 11.3 Å². The molecule has 1 rings (SSSR count). The van der Waals surface area contributed by atoms with Gasteiger partial charge in [-0.15, -0.1) is 0 Å². The lowest BCUT2D eigenvalue weighted by Gasteiger charge is -2.27. The van der Waals surface area contributed by atoms with E-state index in [2.05, 4.69) is 5.32 Å². The molecule has 0 radical (unpaired) electrons. The summed E-state index contributed by atoms with van der Waals surface area (Å²) < 4.78 is 9.89. The van der Waals surface area contributed by atoms with Crippen LogP contribution in [0.15, 0.2) is 23.0 Å². The summed E-state index contributed by atoms with van der Waals surface area (Å²) in [5, 5.41) is 2.73. The van der Waals surface area contributed by atoms with Crippen molar-refractivity contribution in [2.75, 3.05) is 6.61 Å². The van der Waals surface area contributed by atoms with E-state index >= 15 is 0 Å². The first-order valence-corrected chi connectivity index (χ1v) is 6.31. The van der Waals surface area contributed by atoms with Gasteiger partial charge in [0.2, 0.25) is 5.91 Å². The van der Waals surface area contributed by atoms with Crippen LogP contribution in [0.2, 0.25) is 0 Å². The number of hydrogen-bond acceptors (Lipinski definition) is 4. The standard InChI is InChI=1S/C14H21NO4/c1-5-19-13(17)11(14(2,3)4)12(16)15-8-10-6-7-18-9-10/h6-7,9,11H,5,8H2,1-4H3,(H,15,16). The maximum Gasteiger partial charge on any atom is 0.319 e. The van der Waals surface area contributed by atoms with Crippen molar-refractivity contribution in [3.8, 4) is 0 Å². The van der Waals surface area contributed by atoms with Gasteiger partial charge in [-0.3, -0.25) is 9.59 Å². The maximum atomic E-state index is 12.2. The van der Waals surface area contributed by atoms with E-state index in [1.54, 1.807) is 19.3 Å². The highest BCUT2D eigenvalue weighted by atomic mass is 16.5. The molecule has 1 aromatic heterocycles. The first kappa shape index (κ1) is 15.3. The average molecular weight is 267 g/mol. The minimum atomic E-state index is -0.820. The Hall–Kier alpha value is -1.78. The highest BCUT2D eigenvalue weighted by Crippen LogP contribution is 2.27. The van der Waals surface area contributed by atoms with Crippen molar-refractivity contribution in [1.82, 2.24) is 5.32 Å². The molecule has 0 fully saturated rings. The number of carbonyl (C=O) groups excluding carboxylic acids is 2. The minimum Gasteiger partial charge on any atom is -0.472 e. The fourth-order valence-corrected chi connectivity index (χ4v) is 1.76. The van der Waals surface area contributed by atoms with E-state index < -0.39 is 17.3 Å². The van der Waals surface area contributed by atoms with Crippen molar-refractivity contribution < 1.29 is 18.7 Å². The van der Waals surface area contributed by atoms with Crippen LogP contribution in [0.5, 0.6) is 0 Å². The molecule has 19 heavy (non-hydrogen) atoms. The third-order valence-corrected chi connectivity index (χ3v) is 2.70. The van der Waals surface area contributed by atoms with Crippen LogP contribution in [0.25, 0.3) is 0 Å². The first-order valence-electron chi connectivity index (χ1n) is 6.31. The normalized spacial score (nSPS) is 12.8. The molecule has 0 aromatic carbocycles. The van der Waals surface area contributed by atoms with Crippen molar-refractivity contribution in [3.63, 3.8) is 0 Å². The second-order valence-corrected chi connectivity index (χ2v) is 5.40. The van der Waals surface area contributed by atoms with E-state index in [0.29, 0.717) is 6.54 Å². The Balaban J connectivity index is 2.69. The van der Waals surface area contributed by atoms with Crippen LogP contribution in [-0.4, -0.2) is 18.5 Å². The Morgan fingerprint density at radius 2 is 2.11 bits per heavy atom. The Morgan fingerprint density at radius 3 is 2.58 bits per heavy atom. The molecule has 1 unspecified atom stereocenters. The Bertz CT molecular complexity index is 417. The fraction of sp³-hybridized carbons (Fsp3) is 0.571. The summed E-state index contributed by atoms with van der Waals surface area (Å²) in [4.78, 5) is 24.0. The molecule has 0 aliphatic carbocycles. The molecule has 1 heterocycles. The zero-order valence-corrected chi connectivity index (χ0v) is 11.9. The van der Waals surface area contributed by atoms with E-state index in [4.69, 9.17) is 9.15 Å². The van der Waals surface area contributed by atoms with Gasteiger partial charge < -0.3 is 14.5 Å². The summed E-state index contributed by atoms with van der Waals surface area (Å²) in [6.45, 7) is 7.84. The molecule has 0 bridgehead atoms. The summed E-state index contributed by atoms with van der Waals surface area (Å²) in [5.41, 5.74) is 0.358. The van der Waals surface area contributed by atoms with Gasteiger partial charge in [-0.2, -0.15) is 0 Å². The first-order chi connectivity index (χ1) is 8.86. The molecule has 1 atom stereocenters. The van der Waals surface area contributed by atoms with Gasteiger partial charge in [0.25, 0.3) is 0 Å². The molecular formula is C14H21NO4. The van der Waals surface area contributed by atoms with E-state index in [-0.39, 0.29) is 12.5 Å². The molecule has 1 amide bonds. The smallest absolute Gasteiger partial charge is 0.319 e. The molecule has 0 aliphatic heterocycles. The van der Waals surface area contributed by atoms with Crippen molar-refractivity contribution in [2.24, 2.45) is 11.3 Å². The molecule has 5 heteroatoms. The summed E-state index contributed by atoms with van der Waals surface area (Å²) in [6, 6.07) is 1.76. The maximum absolute atomic E-state index is 12.2. The van der Waals surface area contributed by atoms with Gasteiger partial charge in [-0.05, 0) is 18.4 Å². The van der Waals surface area contributed by atoms with Crippen molar-refractivity contribution in [2.45, 2.75) is 34.2 Å². The molecule has 0 aliphatic rings. The predicted octanol–water partition coefficient (Wildman–Crippen LogP) is 2.12. The highest BCUT2D eigenvalue weighted by Gasteiger charge is 2.38. The number of rotatable bonds is 5. The fourth-order valence-electron chi connectivity index (χ4n) is 1.76. The van der Waals surface area contributed by atoms with Crippen molar-refractivity contribution in [3.05, 3.63) is 24.2 Å². The Morgan fingerprint density at radius 1 is 1.42 bits per heavy atom. The lowest BCUT2D eigenvalue weighted by atomic mass is 9.80. The zero-order valence-electron chi connectivity index (χ0n) is 11.9. The molecule has 0 spiro atoms. The number of esters is 1. The number of amides is 1. The Labute approximate surface area is 113 Å².